The number of imide groups is 1. The number of amides is 3. The molecule has 2 fully saturated rings. The molecule has 2 rings (SSSR count). The molecule has 3 amide bonds. The van der Waals surface area contributed by atoms with Gasteiger partial charge in [0.05, 0.1) is 8.07 Å². The minimum atomic E-state index is -1.43. The van der Waals surface area contributed by atoms with Crippen molar-refractivity contribution in [2.45, 2.75) is 50.9 Å². The minimum Gasteiger partial charge on any atom is -0.323 e. The molecule has 1 aliphatic carbocycles. The van der Waals surface area contributed by atoms with Gasteiger partial charge in [-0.3, -0.25) is 9.69 Å². The fraction of sp³-hybridized carbons (Fsp3) is 0.818. The van der Waals surface area contributed by atoms with Crippen molar-refractivity contribution in [1.82, 2.24) is 10.2 Å². The van der Waals surface area contributed by atoms with Crippen LogP contribution in [0.5, 0.6) is 0 Å². The fourth-order valence-corrected chi connectivity index (χ4v) is 3.85. The van der Waals surface area contributed by atoms with Crippen LogP contribution in [0.2, 0.25) is 19.6 Å². The Kier molecular flexibility index (Phi) is 2.61. The monoisotopic (exact) mass is 240 g/mol. The van der Waals surface area contributed by atoms with E-state index in [0.717, 1.165) is 25.7 Å². The number of nitrogens with zero attached hydrogens (tertiary/aromatic N) is 1. The molecule has 1 spiro atoms. The molecule has 5 heteroatoms. The third kappa shape index (κ3) is 1.88. The third-order valence-electron chi connectivity index (χ3n) is 3.34. The Balaban J connectivity index is 2.17. The number of rotatable bonds is 2. The van der Waals surface area contributed by atoms with E-state index < -0.39 is 13.6 Å². The Hall–Kier alpha value is -0.843. The van der Waals surface area contributed by atoms with Crippen LogP contribution in [0.15, 0.2) is 0 Å². The zero-order valence-electron chi connectivity index (χ0n) is 10.3. The van der Waals surface area contributed by atoms with Crippen LogP contribution in [0.1, 0.15) is 25.7 Å². The summed E-state index contributed by atoms with van der Waals surface area (Å²) in [6.07, 6.45) is 4.37. The predicted molar refractivity (Wildman–Crippen MR) is 64.8 cm³/mol. The van der Waals surface area contributed by atoms with Crippen molar-refractivity contribution in [3.05, 3.63) is 0 Å². The predicted octanol–water partition coefficient (Wildman–Crippen LogP) is 1.73. The number of nitrogens with one attached hydrogen (secondary N) is 1. The summed E-state index contributed by atoms with van der Waals surface area (Å²) in [5, 5.41) is 2.91. The molecule has 4 nitrogen and oxygen atoms in total. The van der Waals surface area contributed by atoms with Gasteiger partial charge >= 0.3 is 6.03 Å². The van der Waals surface area contributed by atoms with Crippen molar-refractivity contribution in [3.8, 4) is 0 Å². The summed E-state index contributed by atoms with van der Waals surface area (Å²) in [5.41, 5.74) is -0.531. The standard InChI is InChI=1S/C11H20N2O2Si/c1-16(2,3)8-13-9(14)11(12-10(13)15)6-4-5-7-11/h4-8H2,1-3H3,(H,12,15). The normalized spacial score (nSPS) is 24.3. The molecule has 0 atom stereocenters. The zero-order chi connectivity index (χ0) is 12.0. The second-order valence-electron chi connectivity index (χ2n) is 6.17. The second kappa shape index (κ2) is 3.58. The lowest BCUT2D eigenvalue weighted by molar-refractivity contribution is -0.130. The molecular weight excluding hydrogens is 220 g/mol. The summed E-state index contributed by atoms with van der Waals surface area (Å²) in [5.74, 6) is 0.0254. The lowest BCUT2D eigenvalue weighted by atomic mass is 9.98. The third-order valence-corrected chi connectivity index (χ3v) is 4.60. The maximum atomic E-state index is 12.3. The summed E-state index contributed by atoms with van der Waals surface area (Å²) in [6.45, 7) is 6.52. The van der Waals surface area contributed by atoms with Crippen molar-refractivity contribution >= 4 is 20.0 Å². The number of carbonyl (C=O) groups is 2. The van der Waals surface area contributed by atoms with Gasteiger partial charge in [-0.1, -0.05) is 32.5 Å². The van der Waals surface area contributed by atoms with Gasteiger partial charge in [0, 0.05) is 6.17 Å². The lowest BCUT2D eigenvalue weighted by Crippen LogP contribution is -2.46. The van der Waals surface area contributed by atoms with Crippen molar-refractivity contribution in [2.24, 2.45) is 0 Å². The molecule has 0 bridgehead atoms. The smallest absolute Gasteiger partial charge is 0.323 e. The summed E-state index contributed by atoms with van der Waals surface area (Å²) in [7, 11) is -1.43. The Bertz CT molecular complexity index is 329. The first-order chi connectivity index (χ1) is 7.34. The van der Waals surface area contributed by atoms with Gasteiger partial charge in [0.2, 0.25) is 0 Å². The lowest BCUT2D eigenvalue weighted by Gasteiger charge is -2.24. The maximum Gasteiger partial charge on any atom is 0.324 e. The van der Waals surface area contributed by atoms with Gasteiger partial charge < -0.3 is 5.32 Å². The molecule has 0 aromatic rings. The number of hydrogen-bond acceptors (Lipinski definition) is 2. The molecule has 1 aliphatic heterocycles. The molecule has 1 heterocycles. The van der Waals surface area contributed by atoms with Crippen LogP contribution in [0.25, 0.3) is 0 Å². The van der Waals surface area contributed by atoms with Crippen molar-refractivity contribution in [2.75, 3.05) is 6.17 Å². The van der Waals surface area contributed by atoms with Gasteiger partial charge in [-0.15, -0.1) is 0 Å². The highest BCUT2D eigenvalue weighted by atomic mass is 28.3. The molecule has 16 heavy (non-hydrogen) atoms. The number of urea groups is 1. The highest BCUT2D eigenvalue weighted by Crippen LogP contribution is 2.35. The van der Waals surface area contributed by atoms with Crippen LogP contribution in [0.3, 0.4) is 0 Å². The molecule has 0 unspecified atom stereocenters. The van der Waals surface area contributed by atoms with Gasteiger partial charge in [-0.25, -0.2) is 4.79 Å². The first-order valence-corrected chi connectivity index (χ1v) is 9.69. The molecule has 1 saturated carbocycles. The van der Waals surface area contributed by atoms with E-state index in [0.29, 0.717) is 6.17 Å². The molecule has 2 aliphatic rings. The van der Waals surface area contributed by atoms with Crippen LogP contribution in [-0.2, 0) is 4.79 Å². The quantitative estimate of drug-likeness (QED) is 0.590. The topological polar surface area (TPSA) is 49.4 Å². The van der Waals surface area contributed by atoms with Crippen molar-refractivity contribution < 1.29 is 9.59 Å². The van der Waals surface area contributed by atoms with Gasteiger partial charge in [-0.2, -0.15) is 0 Å². The van der Waals surface area contributed by atoms with Gasteiger partial charge in [-0.05, 0) is 12.8 Å². The molecule has 90 valence electrons. The molecule has 1 saturated heterocycles. The fourth-order valence-electron chi connectivity index (χ4n) is 2.61. The Morgan fingerprint density at radius 1 is 1.25 bits per heavy atom. The minimum absolute atomic E-state index is 0.0254. The van der Waals surface area contributed by atoms with E-state index in [1.165, 1.54) is 4.90 Å². The summed E-state index contributed by atoms with van der Waals surface area (Å²) in [6, 6.07) is -0.172. The van der Waals surface area contributed by atoms with E-state index >= 15 is 0 Å². The Morgan fingerprint density at radius 2 is 1.81 bits per heavy atom. The SMILES string of the molecule is C[Si](C)(C)CN1C(=O)NC2(CCCC2)C1=O. The molecular formula is C11H20N2O2Si. The first kappa shape index (κ1) is 11.6. The molecule has 0 radical (unpaired) electrons. The van der Waals surface area contributed by atoms with E-state index in [1.54, 1.807) is 0 Å². The highest BCUT2D eigenvalue weighted by Gasteiger charge is 2.52. The summed E-state index contributed by atoms with van der Waals surface area (Å²) in [4.78, 5) is 25.6. The van der Waals surface area contributed by atoms with Gasteiger partial charge in [0.15, 0.2) is 0 Å². The van der Waals surface area contributed by atoms with Crippen molar-refractivity contribution in [1.29, 1.82) is 0 Å². The first-order valence-electron chi connectivity index (χ1n) is 5.98. The molecule has 0 aromatic carbocycles. The largest absolute Gasteiger partial charge is 0.324 e. The van der Waals surface area contributed by atoms with Crippen LogP contribution in [0, 0.1) is 0 Å². The number of hydrogen-bond donors (Lipinski definition) is 1. The van der Waals surface area contributed by atoms with E-state index in [2.05, 4.69) is 25.0 Å². The van der Waals surface area contributed by atoms with Crippen LogP contribution >= 0.6 is 0 Å². The van der Waals surface area contributed by atoms with Crippen LogP contribution in [-0.4, -0.2) is 36.6 Å². The molecule has 0 aromatic heterocycles. The average Bonchev–Trinajstić information content (AvgIpc) is 2.68. The zero-order valence-corrected chi connectivity index (χ0v) is 11.3. The average molecular weight is 240 g/mol. The molecule has 1 N–H and O–H groups in total. The Morgan fingerprint density at radius 3 is 2.31 bits per heavy atom. The van der Waals surface area contributed by atoms with Crippen LogP contribution in [0.4, 0.5) is 4.79 Å². The van der Waals surface area contributed by atoms with E-state index in [4.69, 9.17) is 0 Å². The highest BCUT2D eigenvalue weighted by molar-refractivity contribution is 6.76. The van der Waals surface area contributed by atoms with Gasteiger partial charge in [0.25, 0.3) is 5.91 Å². The summed E-state index contributed by atoms with van der Waals surface area (Å²) >= 11 is 0. The second-order valence-corrected chi connectivity index (χ2v) is 11.6. The van der Waals surface area contributed by atoms with E-state index in [1.807, 2.05) is 0 Å². The number of carbonyl (C=O) groups excluding carboxylic acids is 2. The van der Waals surface area contributed by atoms with Crippen LogP contribution < -0.4 is 5.32 Å². The Labute approximate surface area is 97.4 Å². The summed E-state index contributed by atoms with van der Waals surface area (Å²) < 4.78 is 0. The van der Waals surface area contributed by atoms with Gasteiger partial charge in [0.1, 0.15) is 5.54 Å². The van der Waals surface area contributed by atoms with Crippen molar-refractivity contribution in [3.63, 3.8) is 0 Å². The van der Waals surface area contributed by atoms with E-state index in [9.17, 15) is 9.59 Å². The van der Waals surface area contributed by atoms with E-state index in [-0.39, 0.29) is 11.9 Å². The maximum absolute atomic E-state index is 12.3.